The van der Waals surface area contributed by atoms with Crippen LogP contribution in [-0.2, 0) is 13.1 Å². The molecule has 2 aromatic heterocycles. The van der Waals surface area contributed by atoms with E-state index < -0.39 is 4.92 Å². The largest absolute Gasteiger partial charge is 0.371 e. The van der Waals surface area contributed by atoms with E-state index in [-0.39, 0.29) is 29.7 Å². The molecular weight excluding hydrogens is 432 g/mol. The minimum absolute atomic E-state index is 0.164. The number of para-hydroxylation sites is 2. The third kappa shape index (κ3) is 4.59. The van der Waals surface area contributed by atoms with E-state index in [1.165, 1.54) is 11.0 Å². The van der Waals surface area contributed by atoms with E-state index in [1.807, 2.05) is 56.3 Å². The molecule has 9 heteroatoms. The maximum Gasteiger partial charge on any atom is 0.293 e. The minimum Gasteiger partial charge on any atom is -0.371 e. The van der Waals surface area contributed by atoms with Crippen LogP contribution in [0.3, 0.4) is 0 Å². The molecule has 2 aromatic carbocycles. The Labute approximate surface area is 197 Å². The maximum atomic E-state index is 13.1. The van der Waals surface area contributed by atoms with Crippen molar-refractivity contribution in [2.24, 2.45) is 0 Å². The molecule has 0 saturated heterocycles. The van der Waals surface area contributed by atoms with Crippen LogP contribution < -0.4 is 5.32 Å². The second-order valence-electron chi connectivity index (χ2n) is 8.03. The summed E-state index contributed by atoms with van der Waals surface area (Å²) >= 11 is 0. The fourth-order valence-corrected chi connectivity index (χ4v) is 3.98. The monoisotopic (exact) mass is 458 g/mol. The number of anilines is 1. The maximum absolute atomic E-state index is 13.1. The molecule has 9 nitrogen and oxygen atoms in total. The van der Waals surface area contributed by atoms with Crippen LogP contribution in [0.1, 0.15) is 41.8 Å². The van der Waals surface area contributed by atoms with E-state index in [1.54, 1.807) is 25.4 Å². The number of fused-ring (bicyclic) bond motifs is 1. The van der Waals surface area contributed by atoms with Gasteiger partial charge in [-0.15, -0.1) is 0 Å². The molecule has 0 aliphatic carbocycles. The van der Waals surface area contributed by atoms with Gasteiger partial charge in [0.25, 0.3) is 11.6 Å². The predicted molar refractivity (Wildman–Crippen MR) is 131 cm³/mol. The van der Waals surface area contributed by atoms with Gasteiger partial charge < -0.3 is 14.8 Å². The minimum atomic E-state index is -0.485. The highest BCUT2D eigenvalue weighted by Gasteiger charge is 2.22. The van der Waals surface area contributed by atoms with Crippen molar-refractivity contribution in [1.29, 1.82) is 0 Å². The van der Waals surface area contributed by atoms with Crippen molar-refractivity contribution in [3.05, 3.63) is 94.1 Å². The standard InChI is InChI=1S/C25H26N6O3/c1-4-30-22-11-6-5-10-20(22)28-24(30)16-29(3)25(32)18-12-13-21(23(15-18)31(33)34)27-17(2)19-9-7-8-14-26-19/h5-15,17,27H,4,16H2,1-3H3. The first kappa shape index (κ1) is 22.9. The van der Waals surface area contributed by atoms with Crippen LogP contribution in [0.5, 0.6) is 0 Å². The Hall–Kier alpha value is -4.27. The van der Waals surface area contributed by atoms with Crippen molar-refractivity contribution in [3.63, 3.8) is 0 Å². The molecule has 4 aromatic rings. The highest BCUT2D eigenvalue weighted by molar-refractivity contribution is 5.95. The number of carbonyl (C=O) groups is 1. The second-order valence-corrected chi connectivity index (χ2v) is 8.03. The third-order valence-electron chi connectivity index (χ3n) is 5.72. The second kappa shape index (κ2) is 9.70. The zero-order valence-corrected chi connectivity index (χ0v) is 19.3. The van der Waals surface area contributed by atoms with E-state index in [4.69, 9.17) is 0 Å². The molecule has 0 aliphatic heterocycles. The van der Waals surface area contributed by atoms with Crippen molar-refractivity contribution in [2.75, 3.05) is 12.4 Å². The van der Waals surface area contributed by atoms with E-state index >= 15 is 0 Å². The lowest BCUT2D eigenvalue weighted by atomic mass is 10.1. The number of nitro benzene ring substituents is 1. The molecule has 4 rings (SSSR count). The first-order chi connectivity index (χ1) is 16.4. The Morgan fingerprint density at radius 2 is 1.94 bits per heavy atom. The summed E-state index contributed by atoms with van der Waals surface area (Å²) in [5, 5.41) is 14.9. The SMILES string of the molecule is CCn1c(CN(C)C(=O)c2ccc(NC(C)c3ccccn3)c([N+](=O)[O-])c2)nc2ccccc21. The number of benzene rings is 2. The van der Waals surface area contributed by atoms with Crippen LogP contribution >= 0.6 is 0 Å². The van der Waals surface area contributed by atoms with Crippen LogP contribution in [0.4, 0.5) is 11.4 Å². The molecule has 0 saturated carbocycles. The van der Waals surface area contributed by atoms with Gasteiger partial charge >= 0.3 is 0 Å². The Bertz CT molecular complexity index is 1340. The zero-order chi connectivity index (χ0) is 24.2. The molecule has 1 N–H and O–H groups in total. The van der Waals surface area contributed by atoms with E-state index in [0.717, 1.165) is 29.1 Å². The lowest BCUT2D eigenvalue weighted by Gasteiger charge is -2.19. The first-order valence-corrected chi connectivity index (χ1v) is 11.0. The predicted octanol–water partition coefficient (Wildman–Crippen LogP) is 4.80. The zero-order valence-electron chi connectivity index (χ0n) is 19.3. The number of carbonyl (C=O) groups excluding carboxylic acids is 1. The Balaban J connectivity index is 1.56. The Morgan fingerprint density at radius 3 is 2.65 bits per heavy atom. The van der Waals surface area contributed by atoms with Gasteiger partial charge in [0.05, 0.1) is 34.2 Å². The normalized spacial score (nSPS) is 11.9. The van der Waals surface area contributed by atoms with Crippen LogP contribution in [0.25, 0.3) is 11.0 Å². The number of nitro groups is 1. The number of aromatic nitrogens is 3. The molecule has 0 aliphatic rings. The van der Waals surface area contributed by atoms with Crippen LogP contribution in [0.15, 0.2) is 66.9 Å². The quantitative estimate of drug-likeness (QED) is 0.300. The molecule has 0 radical (unpaired) electrons. The lowest BCUT2D eigenvalue weighted by Crippen LogP contribution is -2.28. The summed E-state index contributed by atoms with van der Waals surface area (Å²) in [6.45, 7) is 4.91. The van der Waals surface area contributed by atoms with Gasteiger partial charge in [-0.25, -0.2) is 4.98 Å². The summed E-state index contributed by atoms with van der Waals surface area (Å²) in [4.78, 5) is 34.9. The topological polar surface area (TPSA) is 106 Å². The fourth-order valence-electron chi connectivity index (χ4n) is 3.98. The summed E-state index contributed by atoms with van der Waals surface area (Å²) in [5.41, 5.74) is 3.04. The van der Waals surface area contributed by atoms with E-state index in [9.17, 15) is 14.9 Å². The number of amides is 1. The highest BCUT2D eigenvalue weighted by atomic mass is 16.6. The molecule has 1 atom stereocenters. The number of nitrogens with one attached hydrogen (secondary N) is 1. The van der Waals surface area contributed by atoms with Crippen molar-refractivity contribution >= 4 is 28.3 Å². The first-order valence-electron chi connectivity index (χ1n) is 11.0. The summed E-state index contributed by atoms with van der Waals surface area (Å²) in [5.74, 6) is 0.443. The number of aryl methyl sites for hydroxylation is 1. The van der Waals surface area contributed by atoms with Gasteiger partial charge in [0.1, 0.15) is 11.5 Å². The molecule has 34 heavy (non-hydrogen) atoms. The summed E-state index contributed by atoms with van der Waals surface area (Å²) in [6.07, 6.45) is 1.67. The fraction of sp³-hybridized carbons (Fsp3) is 0.240. The van der Waals surface area contributed by atoms with Crippen LogP contribution in [0, 0.1) is 10.1 Å². The van der Waals surface area contributed by atoms with Gasteiger partial charge in [-0.1, -0.05) is 18.2 Å². The average Bonchev–Trinajstić information content (AvgIpc) is 3.20. The van der Waals surface area contributed by atoms with Gasteiger partial charge in [-0.05, 0) is 50.2 Å². The lowest BCUT2D eigenvalue weighted by molar-refractivity contribution is -0.384. The van der Waals surface area contributed by atoms with Crippen LogP contribution in [-0.4, -0.2) is 37.3 Å². The van der Waals surface area contributed by atoms with Gasteiger partial charge in [-0.2, -0.15) is 0 Å². The van der Waals surface area contributed by atoms with Crippen molar-refractivity contribution in [2.45, 2.75) is 33.0 Å². The number of hydrogen-bond acceptors (Lipinski definition) is 6. The number of nitrogens with zero attached hydrogens (tertiary/aromatic N) is 5. The average molecular weight is 459 g/mol. The van der Waals surface area contributed by atoms with E-state index in [2.05, 4.69) is 19.9 Å². The molecule has 1 unspecified atom stereocenters. The Kier molecular flexibility index (Phi) is 6.53. The van der Waals surface area contributed by atoms with E-state index in [0.29, 0.717) is 5.69 Å². The summed E-state index contributed by atoms with van der Waals surface area (Å²) < 4.78 is 2.06. The molecule has 0 bridgehead atoms. The molecule has 0 spiro atoms. The van der Waals surface area contributed by atoms with Crippen molar-refractivity contribution in [1.82, 2.24) is 19.4 Å². The molecule has 174 valence electrons. The number of imidazole rings is 1. The molecule has 2 heterocycles. The van der Waals surface area contributed by atoms with Crippen molar-refractivity contribution < 1.29 is 9.72 Å². The molecule has 1 amide bonds. The number of pyridine rings is 1. The summed E-state index contributed by atoms with van der Waals surface area (Å²) in [7, 11) is 1.67. The van der Waals surface area contributed by atoms with Crippen LogP contribution in [0.2, 0.25) is 0 Å². The molecule has 0 fully saturated rings. The third-order valence-corrected chi connectivity index (χ3v) is 5.72. The van der Waals surface area contributed by atoms with Gasteiger partial charge in [0, 0.05) is 31.4 Å². The highest BCUT2D eigenvalue weighted by Crippen LogP contribution is 2.29. The van der Waals surface area contributed by atoms with Gasteiger partial charge in [0.15, 0.2) is 0 Å². The smallest absolute Gasteiger partial charge is 0.293 e. The van der Waals surface area contributed by atoms with Gasteiger partial charge in [-0.3, -0.25) is 19.9 Å². The number of rotatable bonds is 8. The van der Waals surface area contributed by atoms with Crippen molar-refractivity contribution in [3.8, 4) is 0 Å². The summed E-state index contributed by atoms with van der Waals surface area (Å²) in [6, 6.07) is 17.6. The van der Waals surface area contributed by atoms with Gasteiger partial charge in [0.2, 0.25) is 0 Å². The number of hydrogen-bond donors (Lipinski definition) is 1. The molecular formula is C25H26N6O3. The Morgan fingerprint density at radius 1 is 1.18 bits per heavy atom.